The first-order valence-corrected chi connectivity index (χ1v) is 8.30. The average molecular weight is 351 g/mol. The number of thiophene rings is 1. The maximum atomic E-state index is 11.9. The number of anilines is 3. The fraction of sp³-hybridized carbons (Fsp3) is 0. The zero-order valence-electron chi connectivity index (χ0n) is 12.9. The smallest absolute Gasteiger partial charge is 0.323 e. The van der Waals surface area contributed by atoms with Crippen molar-refractivity contribution in [3.63, 3.8) is 0 Å². The molecule has 3 heterocycles. The first kappa shape index (κ1) is 15.1. The van der Waals surface area contributed by atoms with Crippen molar-refractivity contribution in [1.29, 1.82) is 0 Å². The van der Waals surface area contributed by atoms with Gasteiger partial charge < -0.3 is 16.4 Å². The Labute approximate surface area is 146 Å². The van der Waals surface area contributed by atoms with Crippen molar-refractivity contribution in [2.24, 2.45) is 0 Å². The standard InChI is InChI=1S/C16H13N7OS/c17-14-13-7-20-23(15(13)19-9-18-14)12-3-1-10(2-4-12)21-16(24)22-11-5-6-25-8-11/h1-9H,(H2,17,18,19)(H2,21,22,24). The van der Waals surface area contributed by atoms with E-state index in [0.717, 1.165) is 11.4 Å². The number of benzene rings is 1. The van der Waals surface area contributed by atoms with Crippen molar-refractivity contribution in [1.82, 2.24) is 19.7 Å². The number of nitrogens with two attached hydrogens (primary N) is 1. The van der Waals surface area contributed by atoms with Crippen molar-refractivity contribution in [3.8, 4) is 5.69 Å². The van der Waals surface area contributed by atoms with E-state index in [4.69, 9.17) is 5.73 Å². The Morgan fingerprint density at radius 2 is 1.88 bits per heavy atom. The van der Waals surface area contributed by atoms with Gasteiger partial charge in [-0.05, 0) is 35.7 Å². The summed E-state index contributed by atoms with van der Waals surface area (Å²) in [5.74, 6) is 0.389. The van der Waals surface area contributed by atoms with Crippen LogP contribution in [0.4, 0.5) is 22.0 Å². The number of carbonyl (C=O) groups is 1. The number of nitrogens with zero attached hydrogens (tertiary/aromatic N) is 4. The summed E-state index contributed by atoms with van der Waals surface area (Å²) in [5.41, 5.74) is 8.69. The van der Waals surface area contributed by atoms with Gasteiger partial charge in [0.2, 0.25) is 0 Å². The second kappa shape index (κ2) is 6.21. The third-order valence-electron chi connectivity index (χ3n) is 3.55. The summed E-state index contributed by atoms with van der Waals surface area (Å²) in [6.07, 6.45) is 3.03. The van der Waals surface area contributed by atoms with E-state index in [1.807, 2.05) is 29.0 Å². The van der Waals surface area contributed by atoms with Gasteiger partial charge in [-0.15, -0.1) is 0 Å². The second-order valence-electron chi connectivity index (χ2n) is 5.19. The van der Waals surface area contributed by atoms with Crippen molar-refractivity contribution in [2.75, 3.05) is 16.4 Å². The molecule has 0 bridgehead atoms. The van der Waals surface area contributed by atoms with Crippen LogP contribution in [0.25, 0.3) is 16.7 Å². The average Bonchev–Trinajstić information content (AvgIpc) is 3.26. The Hall–Kier alpha value is -3.46. The number of aromatic nitrogens is 4. The van der Waals surface area contributed by atoms with Gasteiger partial charge in [0.15, 0.2) is 5.65 Å². The van der Waals surface area contributed by atoms with Crippen LogP contribution in [0.3, 0.4) is 0 Å². The molecule has 25 heavy (non-hydrogen) atoms. The minimum absolute atomic E-state index is 0.295. The second-order valence-corrected chi connectivity index (χ2v) is 5.97. The van der Waals surface area contributed by atoms with E-state index in [-0.39, 0.29) is 6.03 Å². The van der Waals surface area contributed by atoms with Crippen LogP contribution >= 0.6 is 11.3 Å². The maximum Gasteiger partial charge on any atom is 0.323 e. The van der Waals surface area contributed by atoms with Crippen molar-refractivity contribution in [2.45, 2.75) is 0 Å². The predicted molar refractivity (Wildman–Crippen MR) is 98.0 cm³/mol. The van der Waals surface area contributed by atoms with Crippen LogP contribution in [0.5, 0.6) is 0 Å². The predicted octanol–water partition coefficient (Wildman–Crippen LogP) is 3.10. The Kier molecular flexibility index (Phi) is 3.75. The molecule has 3 aromatic heterocycles. The fourth-order valence-corrected chi connectivity index (χ4v) is 2.95. The van der Waals surface area contributed by atoms with E-state index >= 15 is 0 Å². The van der Waals surface area contributed by atoms with Gasteiger partial charge in [-0.1, -0.05) is 0 Å². The van der Waals surface area contributed by atoms with Crippen molar-refractivity contribution < 1.29 is 4.79 Å². The Morgan fingerprint density at radius 3 is 2.64 bits per heavy atom. The molecule has 0 aliphatic heterocycles. The van der Waals surface area contributed by atoms with E-state index < -0.39 is 0 Å². The number of fused-ring (bicyclic) bond motifs is 1. The molecule has 0 atom stereocenters. The minimum Gasteiger partial charge on any atom is -0.383 e. The maximum absolute atomic E-state index is 11.9. The van der Waals surface area contributed by atoms with Crippen molar-refractivity contribution in [3.05, 3.63) is 53.6 Å². The lowest BCUT2D eigenvalue weighted by molar-refractivity contribution is 0.262. The number of hydrogen-bond acceptors (Lipinski definition) is 6. The molecule has 0 unspecified atom stereocenters. The van der Waals surface area contributed by atoms with Gasteiger partial charge in [0.05, 0.1) is 23.0 Å². The number of urea groups is 1. The molecular formula is C16H13N7OS. The molecule has 0 radical (unpaired) electrons. The number of rotatable bonds is 3. The molecule has 1 aromatic carbocycles. The van der Waals surface area contributed by atoms with Gasteiger partial charge in [-0.3, -0.25) is 0 Å². The number of hydrogen-bond donors (Lipinski definition) is 3. The lowest BCUT2D eigenvalue weighted by atomic mass is 10.3. The fourth-order valence-electron chi connectivity index (χ4n) is 2.37. The van der Waals surface area contributed by atoms with Crippen molar-refractivity contribution >= 4 is 45.6 Å². The third-order valence-corrected chi connectivity index (χ3v) is 4.23. The first-order valence-electron chi connectivity index (χ1n) is 7.35. The molecular weight excluding hydrogens is 338 g/mol. The van der Waals surface area contributed by atoms with E-state index in [0.29, 0.717) is 22.5 Å². The molecule has 0 fully saturated rings. The van der Waals surface area contributed by atoms with Crippen LogP contribution in [-0.2, 0) is 0 Å². The first-order chi connectivity index (χ1) is 12.2. The number of carbonyl (C=O) groups excluding carboxylic acids is 1. The lowest BCUT2D eigenvalue weighted by Crippen LogP contribution is -2.18. The molecule has 4 N–H and O–H groups in total. The zero-order chi connectivity index (χ0) is 17.2. The summed E-state index contributed by atoms with van der Waals surface area (Å²) in [4.78, 5) is 20.1. The van der Waals surface area contributed by atoms with Crippen LogP contribution in [0.2, 0.25) is 0 Å². The Balaban J connectivity index is 1.53. The molecule has 0 spiro atoms. The molecule has 0 aliphatic carbocycles. The minimum atomic E-state index is -0.295. The molecule has 0 saturated heterocycles. The van der Waals surface area contributed by atoms with Crippen LogP contribution < -0.4 is 16.4 Å². The zero-order valence-corrected chi connectivity index (χ0v) is 13.7. The highest BCUT2D eigenvalue weighted by atomic mass is 32.1. The summed E-state index contributed by atoms with van der Waals surface area (Å²) in [6.45, 7) is 0. The van der Waals surface area contributed by atoms with E-state index in [2.05, 4.69) is 25.7 Å². The molecule has 0 saturated carbocycles. The highest BCUT2D eigenvalue weighted by Gasteiger charge is 2.09. The largest absolute Gasteiger partial charge is 0.383 e. The highest BCUT2D eigenvalue weighted by Crippen LogP contribution is 2.21. The SMILES string of the molecule is Nc1ncnc2c1cnn2-c1ccc(NC(=O)Nc2ccsc2)cc1. The van der Waals surface area contributed by atoms with Gasteiger partial charge >= 0.3 is 6.03 Å². The van der Waals surface area contributed by atoms with Gasteiger partial charge in [0.25, 0.3) is 0 Å². The summed E-state index contributed by atoms with van der Waals surface area (Å²) in [6, 6.07) is 8.80. The number of amides is 2. The van der Waals surface area contributed by atoms with Crippen LogP contribution in [0, 0.1) is 0 Å². The summed E-state index contributed by atoms with van der Waals surface area (Å²) >= 11 is 1.52. The monoisotopic (exact) mass is 351 g/mol. The van der Waals surface area contributed by atoms with Crippen LogP contribution in [0.15, 0.2) is 53.6 Å². The van der Waals surface area contributed by atoms with Crippen LogP contribution in [0.1, 0.15) is 0 Å². The summed E-state index contributed by atoms with van der Waals surface area (Å²) < 4.78 is 1.67. The van der Waals surface area contributed by atoms with Gasteiger partial charge in [0.1, 0.15) is 12.1 Å². The molecule has 4 rings (SSSR count). The molecule has 0 aliphatic rings. The molecule has 8 nitrogen and oxygen atoms in total. The van der Waals surface area contributed by atoms with Gasteiger partial charge in [0, 0.05) is 11.1 Å². The van der Waals surface area contributed by atoms with E-state index in [1.165, 1.54) is 17.7 Å². The highest BCUT2D eigenvalue weighted by molar-refractivity contribution is 7.08. The molecule has 2 amide bonds. The summed E-state index contributed by atoms with van der Waals surface area (Å²) in [5, 5.41) is 14.3. The van der Waals surface area contributed by atoms with Gasteiger partial charge in [-0.25, -0.2) is 19.4 Å². The molecule has 4 aromatic rings. The lowest BCUT2D eigenvalue weighted by Gasteiger charge is -2.08. The Morgan fingerprint density at radius 1 is 1.08 bits per heavy atom. The Bertz CT molecular complexity index is 1020. The number of nitrogens with one attached hydrogen (secondary N) is 2. The normalized spacial score (nSPS) is 10.7. The van der Waals surface area contributed by atoms with E-state index in [9.17, 15) is 4.79 Å². The third kappa shape index (κ3) is 3.00. The van der Waals surface area contributed by atoms with E-state index in [1.54, 1.807) is 23.0 Å². The topological polar surface area (TPSA) is 111 Å². The molecule has 9 heteroatoms. The van der Waals surface area contributed by atoms with Gasteiger partial charge in [-0.2, -0.15) is 16.4 Å². The number of nitrogen functional groups attached to an aromatic ring is 1. The van der Waals surface area contributed by atoms with Crippen LogP contribution in [-0.4, -0.2) is 25.8 Å². The summed E-state index contributed by atoms with van der Waals surface area (Å²) in [7, 11) is 0. The quantitative estimate of drug-likeness (QED) is 0.525. The molecule has 124 valence electrons.